The third-order valence-corrected chi connectivity index (χ3v) is 12.9. The number of hydrogen-bond donors (Lipinski definition) is 1. The molecule has 1 N–H and O–H groups in total. The van der Waals surface area contributed by atoms with Crippen molar-refractivity contribution < 1.29 is 14.7 Å². The molecule has 0 spiro atoms. The fourth-order valence-electron chi connectivity index (χ4n) is 9.55. The molecule has 1 aromatic carbocycles. The number of fused-ring (bicyclic) bond motifs is 5. The fraction of sp³-hybridized carbons (Fsp3) is 0.583. The van der Waals surface area contributed by atoms with Crippen molar-refractivity contribution in [2.45, 2.75) is 89.1 Å². The van der Waals surface area contributed by atoms with Gasteiger partial charge in [0.2, 0.25) is 0 Å². The van der Waals surface area contributed by atoms with E-state index in [1.54, 1.807) is 31.1 Å². The number of carbonyl (C=O) groups is 2. The van der Waals surface area contributed by atoms with E-state index >= 15 is 0 Å². The number of hydrogen-bond acceptors (Lipinski definition) is 5. The van der Waals surface area contributed by atoms with Crippen molar-refractivity contribution in [2.24, 2.45) is 40.4 Å². The van der Waals surface area contributed by atoms with Crippen LogP contribution in [0.1, 0.15) is 94.5 Å². The lowest BCUT2D eigenvalue weighted by atomic mass is 9.44. The van der Waals surface area contributed by atoms with E-state index in [1.807, 2.05) is 36.4 Å². The van der Waals surface area contributed by atoms with Gasteiger partial charge in [-0.1, -0.05) is 37.8 Å². The Morgan fingerprint density at radius 1 is 0.927 bits per heavy atom. The summed E-state index contributed by atoms with van der Waals surface area (Å²) in [5, 5.41) is 11.6. The molecular weight excluding hydrogens is 526 g/mol. The van der Waals surface area contributed by atoms with Crippen LogP contribution in [0.25, 0.3) is 0 Å². The Kier molecular flexibility index (Phi) is 7.70. The molecule has 0 radical (unpaired) electrons. The summed E-state index contributed by atoms with van der Waals surface area (Å²) in [6, 6.07) is 11.4. The second-order valence-electron chi connectivity index (χ2n) is 13.9. The van der Waals surface area contributed by atoms with Gasteiger partial charge < -0.3 is 5.11 Å². The topological polar surface area (TPSA) is 67.3 Å². The molecular formula is C36H43NO3S. The van der Waals surface area contributed by atoms with E-state index in [0.29, 0.717) is 40.8 Å². The minimum absolute atomic E-state index is 0.0491. The Labute approximate surface area is 249 Å². The smallest absolute Gasteiger partial charge is 0.159 e. The second-order valence-corrected chi connectivity index (χ2v) is 14.9. The molecule has 2 aromatic rings. The molecule has 6 rings (SSSR count). The van der Waals surface area contributed by atoms with Crippen LogP contribution in [0.15, 0.2) is 53.7 Å². The van der Waals surface area contributed by atoms with E-state index in [2.05, 4.69) is 30.7 Å². The Hall–Kier alpha value is -2.42. The predicted molar refractivity (Wildman–Crippen MR) is 163 cm³/mol. The van der Waals surface area contributed by atoms with Gasteiger partial charge in [0.15, 0.2) is 5.78 Å². The SMILES string of the molecule is CC(=O)c1ccc(C#CC2(O)CC[C@@]3(C)C(CC[C@H]4[C@@H]5CC[C@H](C(=O)CSc6ccncc6)[C@@]5(C)CC[C@@H]43)C2)cc1. The summed E-state index contributed by atoms with van der Waals surface area (Å²) in [6.45, 7) is 6.51. The van der Waals surface area contributed by atoms with Gasteiger partial charge in [0, 0.05) is 34.3 Å². The summed E-state index contributed by atoms with van der Waals surface area (Å²) in [4.78, 5) is 30.3. The molecule has 8 atom stereocenters. The lowest BCUT2D eigenvalue weighted by Crippen LogP contribution is -2.56. The lowest BCUT2D eigenvalue weighted by Gasteiger charge is -2.61. The maximum absolute atomic E-state index is 13.5. The van der Waals surface area contributed by atoms with Crippen molar-refractivity contribution >= 4 is 23.3 Å². The van der Waals surface area contributed by atoms with Crippen LogP contribution in [0.4, 0.5) is 0 Å². The highest BCUT2D eigenvalue weighted by atomic mass is 32.2. The van der Waals surface area contributed by atoms with Gasteiger partial charge in [-0.15, -0.1) is 11.8 Å². The summed E-state index contributed by atoms with van der Waals surface area (Å²) < 4.78 is 0. The van der Waals surface area contributed by atoms with Crippen molar-refractivity contribution in [1.29, 1.82) is 0 Å². The molecule has 1 aromatic heterocycles. The van der Waals surface area contributed by atoms with Gasteiger partial charge in [-0.25, -0.2) is 0 Å². The highest BCUT2D eigenvalue weighted by Crippen LogP contribution is 2.68. The number of nitrogens with zero attached hydrogens (tertiary/aromatic N) is 1. The van der Waals surface area contributed by atoms with Crippen LogP contribution in [0.5, 0.6) is 0 Å². The number of benzene rings is 1. The predicted octanol–water partition coefficient (Wildman–Crippen LogP) is 7.39. The molecule has 5 heteroatoms. The largest absolute Gasteiger partial charge is 0.378 e. The molecule has 0 bridgehead atoms. The van der Waals surface area contributed by atoms with E-state index in [0.717, 1.165) is 49.0 Å². The van der Waals surface area contributed by atoms with Gasteiger partial charge in [-0.3, -0.25) is 14.6 Å². The zero-order chi connectivity index (χ0) is 28.8. The van der Waals surface area contributed by atoms with Crippen molar-refractivity contribution in [3.05, 3.63) is 59.9 Å². The number of aromatic nitrogens is 1. The van der Waals surface area contributed by atoms with Crippen LogP contribution < -0.4 is 0 Å². The number of ketones is 2. The third kappa shape index (κ3) is 5.32. The van der Waals surface area contributed by atoms with Gasteiger partial charge in [-0.2, -0.15) is 0 Å². The van der Waals surface area contributed by atoms with Gasteiger partial charge in [0.05, 0.1) is 5.75 Å². The summed E-state index contributed by atoms with van der Waals surface area (Å²) in [5.41, 5.74) is 0.942. The molecule has 2 unspecified atom stereocenters. The minimum Gasteiger partial charge on any atom is -0.378 e. The van der Waals surface area contributed by atoms with E-state index in [4.69, 9.17) is 0 Å². The minimum atomic E-state index is -0.948. The monoisotopic (exact) mass is 569 g/mol. The van der Waals surface area contributed by atoms with Crippen molar-refractivity contribution in [3.8, 4) is 11.8 Å². The van der Waals surface area contributed by atoms with Crippen molar-refractivity contribution in [2.75, 3.05) is 5.75 Å². The quantitative estimate of drug-likeness (QED) is 0.231. The summed E-state index contributed by atoms with van der Waals surface area (Å²) in [6.07, 6.45) is 13.0. The number of rotatable bonds is 5. The number of Topliss-reactive ketones (excluding diaryl/α,β-unsaturated/α-hetero) is 2. The maximum atomic E-state index is 13.5. The molecule has 4 aliphatic rings. The Bertz CT molecular complexity index is 1360. The maximum Gasteiger partial charge on any atom is 0.159 e. The second kappa shape index (κ2) is 11.0. The van der Waals surface area contributed by atoms with Crippen LogP contribution in [-0.2, 0) is 4.79 Å². The first kappa shape index (κ1) is 28.7. The highest BCUT2D eigenvalue weighted by molar-refractivity contribution is 8.00. The van der Waals surface area contributed by atoms with Crippen LogP contribution >= 0.6 is 11.8 Å². The number of thioether (sulfide) groups is 1. The standard InChI is InChI=1S/C36H43NO3S/c1-24(38)26-6-4-25(5-7-26)12-17-36(40)19-18-34(2)27(22-36)8-9-29-30-10-11-32(35(30,3)16-13-31(29)34)33(39)23-41-28-14-20-37-21-15-28/h4-7,14-15,20-21,27,29-32,40H,8-11,13,16,18-19,22-23H2,1-3H3/t27?,29-,30-,31-,32+,34-,35-,36?/m0/s1. The average Bonchev–Trinajstić information content (AvgIpc) is 3.33. The first-order chi connectivity index (χ1) is 19.6. The fourth-order valence-corrected chi connectivity index (χ4v) is 10.4. The molecule has 0 saturated heterocycles. The van der Waals surface area contributed by atoms with Crippen molar-refractivity contribution in [3.63, 3.8) is 0 Å². The molecule has 4 saturated carbocycles. The van der Waals surface area contributed by atoms with Crippen molar-refractivity contribution in [1.82, 2.24) is 4.98 Å². The zero-order valence-corrected chi connectivity index (χ0v) is 25.5. The molecule has 0 aliphatic heterocycles. The van der Waals surface area contributed by atoms with Gasteiger partial charge >= 0.3 is 0 Å². The molecule has 1 heterocycles. The highest BCUT2D eigenvalue weighted by Gasteiger charge is 2.62. The third-order valence-electron chi connectivity index (χ3n) is 11.9. The average molecular weight is 570 g/mol. The summed E-state index contributed by atoms with van der Waals surface area (Å²) in [5.74, 6) is 10.2. The number of aliphatic hydroxyl groups is 1. The molecule has 41 heavy (non-hydrogen) atoms. The first-order valence-corrected chi connectivity index (χ1v) is 16.5. The molecule has 216 valence electrons. The Morgan fingerprint density at radius 2 is 1.66 bits per heavy atom. The van der Waals surface area contributed by atoms with Gasteiger partial charge in [0.25, 0.3) is 0 Å². The van der Waals surface area contributed by atoms with E-state index in [-0.39, 0.29) is 22.5 Å². The summed E-state index contributed by atoms with van der Waals surface area (Å²) in [7, 11) is 0. The Balaban J connectivity index is 1.12. The molecule has 4 aliphatic carbocycles. The molecule has 4 fully saturated rings. The molecule has 0 amide bonds. The summed E-state index contributed by atoms with van der Waals surface area (Å²) >= 11 is 1.66. The zero-order valence-electron chi connectivity index (χ0n) is 24.7. The number of carbonyl (C=O) groups excluding carboxylic acids is 2. The van der Waals surface area contributed by atoms with Crippen LogP contribution in [0, 0.1) is 52.3 Å². The van der Waals surface area contributed by atoms with Crippen LogP contribution in [0.2, 0.25) is 0 Å². The number of pyridine rings is 1. The molecule has 4 nitrogen and oxygen atoms in total. The van der Waals surface area contributed by atoms with Crippen LogP contribution in [-0.4, -0.2) is 33.0 Å². The lowest BCUT2D eigenvalue weighted by molar-refractivity contribution is -0.144. The van der Waals surface area contributed by atoms with Crippen LogP contribution in [0.3, 0.4) is 0 Å². The first-order valence-electron chi connectivity index (χ1n) is 15.5. The van der Waals surface area contributed by atoms with Gasteiger partial charge in [-0.05, 0) is 123 Å². The van der Waals surface area contributed by atoms with E-state index < -0.39 is 5.60 Å². The van der Waals surface area contributed by atoms with Gasteiger partial charge in [0.1, 0.15) is 11.4 Å². The normalized spacial score (nSPS) is 37.6. The Morgan fingerprint density at radius 3 is 2.39 bits per heavy atom. The van der Waals surface area contributed by atoms with E-state index in [9.17, 15) is 14.7 Å². The van der Waals surface area contributed by atoms with E-state index in [1.165, 1.54) is 19.3 Å².